The summed E-state index contributed by atoms with van der Waals surface area (Å²) in [7, 11) is 3.90. The molecular weight excluding hydrogens is 174 g/mol. The molecule has 2 fully saturated rings. The molecule has 2 aliphatic rings. The number of fused-ring (bicyclic) bond motifs is 2. The lowest BCUT2D eigenvalue weighted by Gasteiger charge is -2.37. The van der Waals surface area contributed by atoms with Gasteiger partial charge in [0, 0.05) is 20.3 Å². The van der Waals surface area contributed by atoms with Crippen molar-refractivity contribution in [1.82, 2.24) is 5.32 Å². The van der Waals surface area contributed by atoms with Crippen molar-refractivity contribution in [2.45, 2.75) is 32.1 Å². The van der Waals surface area contributed by atoms with E-state index >= 15 is 0 Å². The molecule has 14 heavy (non-hydrogen) atoms. The van der Waals surface area contributed by atoms with Crippen molar-refractivity contribution < 1.29 is 4.74 Å². The topological polar surface area (TPSA) is 21.3 Å². The fraction of sp³-hybridized carbons (Fsp3) is 1.00. The molecule has 2 rings (SSSR count). The Morgan fingerprint density at radius 3 is 2.79 bits per heavy atom. The summed E-state index contributed by atoms with van der Waals surface area (Å²) in [6, 6.07) is 0. The minimum Gasteiger partial charge on any atom is -0.385 e. The third kappa shape index (κ3) is 1.70. The van der Waals surface area contributed by atoms with Crippen LogP contribution in [0.1, 0.15) is 32.1 Å². The number of rotatable bonds is 5. The molecular formula is C12H23NO. The monoisotopic (exact) mass is 197 g/mol. The molecule has 2 aliphatic carbocycles. The van der Waals surface area contributed by atoms with Crippen LogP contribution >= 0.6 is 0 Å². The third-order valence-electron chi connectivity index (χ3n) is 4.44. The van der Waals surface area contributed by atoms with E-state index in [0.29, 0.717) is 5.41 Å². The molecule has 0 aromatic rings. The summed E-state index contributed by atoms with van der Waals surface area (Å²) in [5.74, 6) is 2.01. The minimum atomic E-state index is 0.577. The van der Waals surface area contributed by atoms with Gasteiger partial charge in [-0.25, -0.2) is 0 Å². The lowest BCUT2D eigenvalue weighted by Crippen LogP contribution is -2.38. The first kappa shape index (κ1) is 10.4. The Morgan fingerprint density at radius 1 is 1.43 bits per heavy atom. The van der Waals surface area contributed by atoms with Gasteiger partial charge >= 0.3 is 0 Å². The molecule has 0 saturated heterocycles. The maximum atomic E-state index is 5.26. The van der Waals surface area contributed by atoms with E-state index in [4.69, 9.17) is 4.74 Å². The summed E-state index contributed by atoms with van der Waals surface area (Å²) in [4.78, 5) is 0. The van der Waals surface area contributed by atoms with Crippen LogP contribution in [0, 0.1) is 17.3 Å². The predicted molar refractivity (Wildman–Crippen MR) is 58.3 cm³/mol. The molecule has 82 valence electrons. The molecule has 0 aromatic heterocycles. The largest absolute Gasteiger partial charge is 0.385 e. The smallest absolute Gasteiger partial charge is 0.0468 e. The Morgan fingerprint density at radius 2 is 2.29 bits per heavy atom. The highest BCUT2D eigenvalue weighted by Gasteiger charge is 2.49. The lowest BCUT2D eigenvalue weighted by molar-refractivity contribution is 0.0885. The molecule has 0 heterocycles. The van der Waals surface area contributed by atoms with E-state index in [9.17, 15) is 0 Å². The molecule has 0 radical (unpaired) electrons. The highest BCUT2D eigenvalue weighted by Crippen LogP contribution is 2.57. The second kappa shape index (κ2) is 4.19. The van der Waals surface area contributed by atoms with Crippen LogP contribution in [0.5, 0.6) is 0 Å². The molecule has 0 spiro atoms. The van der Waals surface area contributed by atoms with E-state index in [1.165, 1.54) is 38.6 Å². The van der Waals surface area contributed by atoms with E-state index in [1.807, 2.05) is 7.11 Å². The lowest BCUT2D eigenvalue weighted by atomic mass is 9.71. The van der Waals surface area contributed by atoms with Crippen LogP contribution < -0.4 is 5.32 Å². The highest BCUT2D eigenvalue weighted by atomic mass is 16.5. The van der Waals surface area contributed by atoms with Crippen LogP contribution in [-0.4, -0.2) is 27.3 Å². The summed E-state index contributed by atoms with van der Waals surface area (Å²) in [5, 5.41) is 3.39. The van der Waals surface area contributed by atoms with Gasteiger partial charge in [-0.05, 0) is 50.0 Å². The Bertz CT molecular complexity index is 195. The van der Waals surface area contributed by atoms with Gasteiger partial charge in [0.2, 0.25) is 0 Å². The molecule has 3 atom stereocenters. The first-order valence-electron chi connectivity index (χ1n) is 5.94. The van der Waals surface area contributed by atoms with Crippen LogP contribution in [0.15, 0.2) is 0 Å². The van der Waals surface area contributed by atoms with Crippen molar-refractivity contribution in [2.24, 2.45) is 17.3 Å². The van der Waals surface area contributed by atoms with Gasteiger partial charge in [0.05, 0.1) is 0 Å². The van der Waals surface area contributed by atoms with Gasteiger partial charge in [0.15, 0.2) is 0 Å². The van der Waals surface area contributed by atoms with E-state index in [1.54, 1.807) is 0 Å². The van der Waals surface area contributed by atoms with Crippen LogP contribution in [0.2, 0.25) is 0 Å². The normalized spacial score (nSPS) is 40.7. The minimum absolute atomic E-state index is 0.577. The van der Waals surface area contributed by atoms with Gasteiger partial charge in [-0.2, -0.15) is 0 Å². The second-order valence-corrected chi connectivity index (χ2v) is 5.22. The summed E-state index contributed by atoms with van der Waals surface area (Å²) in [5.41, 5.74) is 0.577. The number of ether oxygens (including phenoxy) is 1. The fourth-order valence-corrected chi connectivity index (χ4v) is 3.83. The molecule has 0 amide bonds. The molecule has 1 N–H and O–H groups in total. The first-order chi connectivity index (χ1) is 6.80. The van der Waals surface area contributed by atoms with E-state index in [0.717, 1.165) is 18.4 Å². The second-order valence-electron chi connectivity index (χ2n) is 5.22. The summed E-state index contributed by atoms with van der Waals surface area (Å²) < 4.78 is 5.26. The van der Waals surface area contributed by atoms with Gasteiger partial charge in [0.25, 0.3) is 0 Å². The summed E-state index contributed by atoms with van der Waals surface area (Å²) >= 11 is 0. The third-order valence-corrected chi connectivity index (χ3v) is 4.44. The average molecular weight is 197 g/mol. The quantitative estimate of drug-likeness (QED) is 0.728. The van der Waals surface area contributed by atoms with Gasteiger partial charge in [-0.15, -0.1) is 0 Å². The maximum absolute atomic E-state index is 5.26. The SMILES string of the molecule is CNCC1(CCOC)CC2CCC1C2. The molecule has 3 unspecified atom stereocenters. The molecule has 2 bridgehead atoms. The Balaban J connectivity index is 1.99. The highest BCUT2D eigenvalue weighted by molar-refractivity contribution is 5.01. The first-order valence-corrected chi connectivity index (χ1v) is 5.94. The molecule has 0 aromatic carbocycles. The van der Waals surface area contributed by atoms with Crippen molar-refractivity contribution in [3.63, 3.8) is 0 Å². The van der Waals surface area contributed by atoms with Crippen molar-refractivity contribution in [3.05, 3.63) is 0 Å². The molecule has 2 heteroatoms. The molecule has 2 saturated carbocycles. The van der Waals surface area contributed by atoms with Crippen molar-refractivity contribution in [1.29, 1.82) is 0 Å². The van der Waals surface area contributed by atoms with Gasteiger partial charge in [0.1, 0.15) is 0 Å². The number of hydrogen-bond donors (Lipinski definition) is 1. The number of methoxy groups -OCH3 is 1. The fourth-order valence-electron chi connectivity index (χ4n) is 3.83. The standard InChI is InChI=1S/C12H23NO/c1-13-9-12(5-6-14-2)8-10-3-4-11(12)7-10/h10-11,13H,3-9H2,1-2H3. The van der Waals surface area contributed by atoms with Gasteiger partial charge in [-0.3, -0.25) is 0 Å². The van der Waals surface area contributed by atoms with Crippen molar-refractivity contribution in [3.8, 4) is 0 Å². The summed E-state index contributed by atoms with van der Waals surface area (Å²) in [6.45, 7) is 2.13. The Labute approximate surface area is 87.4 Å². The molecule has 2 nitrogen and oxygen atoms in total. The number of nitrogens with one attached hydrogen (secondary N) is 1. The Hall–Kier alpha value is -0.0800. The van der Waals surface area contributed by atoms with Gasteiger partial charge in [-0.1, -0.05) is 6.42 Å². The van der Waals surface area contributed by atoms with Crippen LogP contribution in [0.25, 0.3) is 0 Å². The maximum Gasteiger partial charge on any atom is 0.0468 e. The average Bonchev–Trinajstić information content (AvgIpc) is 2.75. The van der Waals surface area contributed by atoms with E-state index in [-0.39, 0.29) is 0 Å². The summed E-state index contributed by atoms with van der Waals surface area (Å²) in [6.07, 6.45) is 7.15. The number of hydrogen-bond acceptors (Lipinski definition) is 2. The molecule has 0 aliphatic heterocycles. The van der Waals surface area contributed by atoms with E-state index < -0.39 is 0 Å². The van der Waals surface area contributed by atoms with Gasteiger partial charge < -0.3 is 10.1 Å². The Kier molecular flexibility index (Phi) is 3.13. The van der Waals surface area contributed by atoms with Crippen molar-refractivity contribution >= 4 is 0 Å². The van der Waals surface area contributed by atoms with Crippen LogP contribution in [-0.2, 0) is 4.74 Å². The zero-order valence-corrected chi connectivity index (χ0v) is 9.51. The van der Waals surface area contributed by atoms with Crippen LogP contribution in [0.4, 0.5) is 0 Å². The van der Waals surface area contributed by atoms with E-state index in [2.05, 4.69) is 12.4 Å². The zero-order valence-electron chi connectivity index (χ0n) is 9.51. The van der Waals surface area contributed by atoms with Crippen molar-refractivity contribution in [2.75, 3.05) is 27.3 Å². The zero-order chi connectivity index (χ0) is 10.0. The van der Waals surface area contributed by atoms with Crippen LogP contribution in [0.3, 0.4) is 0 Å². The predicted octanol–water partition coefficient (Wildman–Crippen LogP) is 2.05.